The van der Waals surface area contributed by atoms with Crippen LogP contribution in [0.25, 0.3) is 11.4 Å². The molecule has 0 fully saturated rings. The van der Waals surface area contributed by atoms with Crippen molar-refractivity contribution in [3.63, 3.8) is 0 Å². The van der Waals surface area contributed by atoms with Crippen molar-refractivity contribution in [1.82, 2.24) is 20.6 Å². The van der Waals surface area contributed by atoms with Gasteiger partial charge < -0.3 is 21.1 Å². The van der Waals surface area contributed by atoms with Crippen molar-refractivity contribution in [2.75, 3.05) is 16.0 Å². The number of rotatable bonds is 6. The lowest BCUT2D eigenvalue weighted by atomic mass is 10.1. The zero-order valence-electron chi connectivity index (χ0n) is 14.6. The van der Waals surface area contributed by atoms with Gasteiger partial charge in [0.1, 0.15) is 6.42 Å². The third-order valence-electron chi connectivity index (χ3n) is 3.57. The quantitative estimate of drug-likeness (QED) is 0.386. The highest BCUT2D eigenvalue weighted by atomic mass is 35.5. The van der Waals surface area contributed by atoms with Gasteiger partial charge in [-0.1, -0.05) is 23.7 Å². The molecule has 0 radical (unpaired) electrons. The summed E-state index contributed by atoms with van der Waals surface area (Å²) in [6, 6.07) is 10.7. The zero-order valence-corrected chi connectivity index (χ0v) is 15.4. The fraction of sp³-hybridized carbons (Fsp3) is 0.0588. The first kappa shape index (κ1) is 19.8. The number of para-hydroxylation sites is 1. The molecule has 3 amide bonds. The number of aromatic nitrogens is 4. The van der Waals surface area contributed by atoms with E-state index >= 15 is 0 Å². The second-order valence-corrected chi connectivity index (χ2v) is 6.08. The van der Waals surface area contributed by atoms with Crippen LogP contribution in [0.3, 0.4) is 0 Å². The molecule has 0 aliphatic carbocycles. The van der Waals surface area contributed by atoms with Crippen LogP contribution in [0.5, 0.6) is 0 Å². The molecule has 0 unspecified atom stereocenters. The van der Waals surface area contributed by atoms with E-state index in [0.29, 0.717) is 27.6 Å². The molecule has 0 aliphatic heterocycles. The number of carboxylic acids is 1. The summed E-state index contributed by atoms with van der Waals surface area (Å²) in [6.45, 7) is 0. The van der Waals surface area contributed by atoms with Gasteiger partial charge in [0.2, 0.25) is 11.7 Å². The predicted octanol–water partition coefficient (Wildman–Crippen LogP) is 2.58. The Labute approximate surface area is 168 Å². The van der Waals surface area contributed by atoms with Crippen LogP contribution >= 0.6 is 11.6 Å². The lowest BCUT2D eigenvalue weighted by Crippen LogP contribution is -2.20. The maximum atomic E-state index is 12.4. The standard InChI is InChI=1S/C17H14ClN7O4/c18-11-3-1-2-4-13(11)21-17(29)20-12-6-5-9(19-14(26)8-15(27)28)7-10(12)16-22-24-25-23-16/h1-7H,8H2,(H,19,26)(H,27,28)(H2,20,21,29)(H,22,23,24,25). The second-order valence-electron chi connectivity index (χ2n) is 5.67. The second kappa shape index (κ2) is 8.80. The molecule has 1 heterocycles. The molecule has 0 atom stereocenters. The van der Waals surface area contributed by atoms with Crippen LogP contribution in [0.4, 0.5) is 21.9 Å². The molecule has 1 aromatic heterocycles. The van der Waals surface area contributed by atoms with Crippen molar-refractivity contribution in [1.29, 1.82) is 0 Å². The number of tetrazole rings is 1. The zero-order chi connectivity index (χ0) is 20.8. The molecular weight excluding hydrogens is 402 g/mol. The van der Waals surface area contributed by atoms with Crippen LogP contribution < -0.4 is 16.0 Å². The molecule has 0 saturated carbocycles. The molecule has 3 rings (SSSR count). The average Bonchev–Trinajstić information content (AvgIpc) is 3.18. The van der Waals surface area contributed by atoms with Gasteiger partial charge >= 0.3 is 12.0 Å². The Bertz CT molecular complexity index is 1060. The van der Waals surface area contributed by atoms with E-state index in [1.165, 1.54) is 18.2 Å². The molecule has 3 aromatic rings. The molecule has 148 valence electrons. The van der Waals surface area contributed by atoms with Gasteiger partial charge in [-0.05, 0) is 35.5 Å². The number of nitrogens with one attached hydrogen (secondary N) is 4. The highest BCUT2D eigenvalue weighted by molar-refractivity contribution is 6.33. The number of carbonyl (C=O) groups is 3. The fourth-order valence-corrected chi connectivity index (χ4v) is 2.56. The van der Waals surface area contributed by atoms with Crippen molar-refractivity contribution in [3.05, 3.63) is 47.5 Å². The first-order valence-corrected chi connectivity index (χ1v) is 8.52. The Morgan fingerprint density at radius 2 is 1.79 bits per heavy atom. The lowest BCUT2D eigenvalue weighted by Gasteiger charge is -2.13. The summed E-state index contributed by atoms with van der Waals surface area (Å²) in [5.41, 5.74) is 1.40. The minimum Gasteiger partial charge on any atom is -0.481 e. The van der Waals surface area contributed by atoms with E-state index < -0.39 is 24.3 Å². The molecule has 0 aliphatic rings. The van der Waals surface area contributed by atoms with Crippen molar-refractivity contribution in [3.8, 4) is 11.4 Å². The number of H-pyrrole nitrogens is 1. The number of carboxylic acid groups (broad SMARTS) is 1. The number of carbonyl (C=O) groups excluding carboxylic acids is 2. The number of aromatic amines is 1. The fourth-order valence-electron chi connectivity index (χ4n) is 2.37. The minimum atomic E-state index is -1.25. The van der Waals surface area contributed by atoms with Crippen LogP contribution in [0, 0.1) is 0 Å². The first-order valence-electron chi connectivity index (χ1n) is 8.14. The first-order chi connectivity index (χ1) is 13.9. The van der Waals surface area contributed by atoms with Gasteiger partial charge in [0, 0.05) is 11.3 Å². The predicted molar refractivity (Wildman–Crippen MR) is 105 cm³/mol. The van der Waals surface area contributed by atoms with Gasteiger partial charge in [0.05, 0.1) is 16.4 Å². The van der Waals surface area contributed by atoms with Crippen molar-refractivity contribution in [2.24, 2.45) is 0 Å². The van der Waals surface area contributed by atoms with E-state index in [-0.39, 0.29) is 5.82 Å². The van der Waals surface area contributed by atoms with E-state index in [9.17, 15) is 14.4 Å². The van der Waals surface area contributed by atoms with Crippen LogP contribution in [-0.4, -0.2) is 43.6 Å². The molecule has 29 heavy (non-hydrogen) atoms. The Kier molecular flexibility index (Phi) is 6.00. The van der Waals surface area contributed by atoms with Gasteiger partial charge in [0.15, 0.2) is 0 Å². The number of amides is 3. The van der Waals surface area contributed by atoms with Gasteiger partial charge in [0.25, 0.3) is 0 Å². The summed E-state index contributed by atoms with van der Waals surface area (Å²) in [7, 11) is 0. The summed E-state index contributed by atoms with van der Waals surface area (Å²) < 4.78 is 0. The monoisotopic (exact) mass is 415 g/mol. The molecule has 12 heteroatoms. The smallest absolute Gasteiger partial charge is 0.323 e. The normalized spacial score (nSPS) is 10.2. The van der Waals surface area contributed by atoms with E-state index in [4.69, 9.17) is 16.7 Å². The topological polar surface area (TPSA) is 162 Å². The molecular formula is C17H14ClN7O4. The number of urea groups is 1. The van der Waals surface area contributed by atoms with E-state index in [1.807, 2.05) is 0 Å². The third-order valence-corrected chi connectivity index (χ3v) is 3.90. The maximum Gasteiger partial charge on any atom is 0.323 e. The SMILES string of the molecule is O=C(O)CC(=O)Nc1ccc(NC(=O)Nc2ccccc2Cl)c(-c2nn[nH]n2)c1. The number of aliphatic carboxylic acids is 1. The van der Waals surface area contributed by atoms with Gasteiger partial charge in [-0.3, -0.25) is 9.59 Å². The number of hydrogen-bond acceptors (Lipinski definition) is 6. The third kappa shape index (κ3) is 5.26. The Morgan fingerprint density at radius 1 is 1.03 bits per heavy atom. The number of anilines is 3. The van der Waals surface area contributed by atoms with Gasteiger partial charge in [-0.15, -0.1) is 10.2 Å². The van der Waals surface area contributed by atoms with Crippen molar-refractivity contribution < 1.29 is 19.5 Å². The summed E-state index contributed by atoms with van der Waals surface area (Å²) in [5.74, 6) is -1.79. The van der Waals surface area contributed by atoms with E-state index in [0.717, 1.165) is 0 Å². The van der Waals surface area contributed by atoms with Crippen LogP contribution in [0.2, 0.25) is 5.02 Å². The molecule has 5 N–H and O–H groups in total. The largest absolute Gasteiger partial charge is 0.481 e. The summed E-state index contributed by atoms with van der Waals surface area (Å²) in [5, 5.41) is 30.3. The van der Waals surface area contributed by atoms with Crippen LogP contribution in [0.1, 0.15) is 6.42 Å². The van der Waals surface area contributed by atoms with Crippen LogP contribution in [0.15, 0.2) is 42.5 Å². The van der Waals surface area contributed by atoms with Gasteiger partial charge in [-0.25, -0.2) is 4.79 Å². The molecule has 2 aromatic carbocycles. The number of benzene rings is 2. The highest BCUT2D eigenvalue weighted by Crippen LogP contribution is 2.29. The van der Waals surface area contributed by atoms with Crippen LogP contribution in [-0.2, 0) is 9.59 Å². The highest BCUT2D eigenvalue weighted by Gasteiger charge is 2.15. The summed E-state index contributed by atoms with van der Waals surface area (Å²) >= 11 is 6.03. The van der Waals surface area contributed by atoms with Crippen molar-refractivity contribution >= 4 is 46.6 Å². The Balaban J connectivity index is 1.82. The average molecular weight is 416 g/mol. The summed E-state index contributed by atoms with van der Waals surface area (Å²) in [4.78, 5) is 34.7. The summed E-state index contributed by atoms with van der Waals surface area (Å²) in [6.07, 6.45) is -0.683. The molecule has 0 bridgehead atoms. The maximum absolute atomic E-state index is 12.4. The lowest BCUT2D eigenvalue weighted by molar-refractivity contribution is -0.139. The Hall–Kier alpha value is -3.99. The van der Waals surface area contributed by atoms with E-state index in [1.54, 1.807) is 24.3 Å². The number of hydrogen-bond donors (Lipinski definition) is 5. The Morgan fingerprint density at radius 3 is 2.48 bits per heavy atom. The van der Waals surface area contributed by atoms with Crippen molar-refractivity contribution in [2.45, 2.75) is 6.42 Å². The van der Waals surface area contributed by atoms with E-state index in [2.05, 4.69) is 36.6 Å². The molecule has 0 spiro atoms. The molecule has 0 saturated heterocycles. The number of nitrogens with zero attached hydrogens (tertiary/aromatic N) is 3. The number of halogens is 1. The minimum absolute atomic E-state index is 0.160. The van der Waals surface area contributed by atoms with Gasteiger partial charge in [-0.2, -0.15) is 5.21 Å². The molecule has 11 nitrogen and oxygen atoms in total.